The summed E-state index contributed by atoms with van der Waals surface area (Å²) in [5.41, 5.74) is 7.25. The maximum absolute atomic E-state index is 12.1. The summed E-state index contributed by atoms with van der Waals surface area (Å²) >= 11 is 5.85. The van der Waals surface area contributed by atoms with Gasteiger partial charge < -0.3 is 11.1 Å². The van der Waals surface area contributed by atoms with E-state index in [1.54, 1.807) is 18.2 Å². The molecule has 1 saturated heterocycles. The van der Waals surface area contributed by atoms with E-state index in [4.69, 9.17) is 17.3 Å². The molecule has 1 aromatic carbocycles. The number of nitrogens with two attached hydrogens (primary N) is 1. The zero-order valence-corrected chi connectivity index (χ0v) is 13.7. The number of anilines is 2. The first-order chi connectivity index (χ1) is 9.75. The number of likely N-dealkylation sites (tertiary alicyclic amines) is 1. The summed E-state index contributed by atoms with van der Waals surface area (Å²) in [4.78, 5) is 14.3. The maximum Gasteiger partial charge on any atom is 0.238 e. The molecule has 1 unspecified atom stereocenters. The Bertz CT molecular complexity index is 525. The lowest BCUT2D eigenvalue weighted by atomic mass is 9.80. The van der Waals surface area contributed by atoms with Crippen molar-refractivity contribution >= 4 is 28.9 Å². The molecule has 0 spiro atoms. The minimum absolute atomic E-state index is 0.0291. The van der Waals surface area contributed by atoms with Crippen molar-refractivity contribution in [1.29, 1.82) is 0 Å². The van der Waals surface area contributed by atoms with Crippen LogP contribution in [0.15, 0.2) is 18.2 Å². The molecule has 1 aliphatic rings. The lowest BCUT2D eigenvalue weighted by Crippen LogP contribution is -2.33. The highest BCUT2D eigenvalue weighted by Gasteiger charge is 2.32. The highest BCUT2D eigenvalue weighted by molar-refractivity contribution is 6.31. The molecule has 1 amide bonds. The molecule has 0 bridgehead atoms. The Labute approximate surface area is 131 Å². The molecule has 0 saturated carbocycles. The van der Waals surface area contributed by atoms with Gasteiger partial charge in [-0.1, -0.05) is 32.4 Å². The first kappa shape index (κ1) is 16.1. The van der Waals surface area contributed by atoms with E-state index in [0.29, 0.717) is 34.3 Å². The molecule has 1 aromatic rings. The van der Waals surface area contributed by atoms with E-state index < -0.39 is 0 Å². The Morgan fingerprint density at radius 3 is 2.76 bits per heavy atom. The fraction of sp³-hybridized carbons (Fsp3) is 0.562. The number of nitrogen functional groups attached to an aromatic ring is 1. The average Bonchev–Trinajstić information content (AvgIpc) is 2.81. The monoisotopic (exact) mass is 309 g/mol. The van der Waals surface area contributed by atoms with Crippen LogP contribution in [0.1, 0.15) is 27.2 Å². The summed E-state index contributed by atoms with van der Waals surface area (Å²) in [6.07, 6.45) is 1.15. The van der Waals surface area contributed by atoms with Gasteiger partial charge in [0.25, 0.3) is 0 Å². The second-order valence-electron chi connectivity index (χ2n) is 6.87. The molecule has 1 aliphatic heterocycles. The number of halogens is 1. The van der Waals surface area contributed by atoms with Gasteiger partial charge in [0.2, 0.25) is 5.91 Å². The van der Waals surface area contributed by atoms with E-state index in [2.05, 4.69) is 31.0 Å². The van der Waals surface area contributed by atoms with Gasteiger partial charge in [-0.05, 0) is 42.5 Å². The molecule has 3 N–H and O–H groups in total. The molecule has 1 fully saturated rings. The summed E-state index contributed by atoms with van der Waals surface area (Å²) in [6.45, 7) is 9.15. The summed E-state index contributed by atoms with van der Waals surface area (Å²) in [7, 11) is 0. The summed E-state index contributed by atoms with van der Waals surface area (Å²) < 4.78 is 0. The second-order valence-corrected chi connectivity index (χ2v) is 7.30. The normalized spacial score (nSPS) is 19.7. The van der Waals surface area contributed by atoms with E-state index in [1.807, 2.05) is 0 Å². The van der Waals surface area contributed by atoms with Crippen molar-refractivity contribution in [3.63, 3.8) is 0 Å². The molecule has 1 heterocycles. The minimum Gasteiger partial charge on any atom is -0.397 e. The Kier molecular flexibility index (Phi) is 4.79. The molecule has 2 rings (SSSR count). The van der Waals surface area contributed by atoms with Crippen LogP contribution in [0.5, 0.6) is 0 Å². The van der Waals surface area contributed by atoms with E-state index in [-0.39, 0.29) is 5.91 Å². The fourth-order valence-electron chi connectivity index (χ4n) is 2.72. The lowest BCUT2D eigenvalue weighted by molar-refractivity contribution is -0.117. The number of nitrogens with one attached hydrogen (secondary N) is 1. The topological polar surface area (TPSA) is 58.4 Å². The smallest absolute Gasteiger partial charge is 0.238 e. The number of benzene rings is 1. The Balaban J connectivity index is 1.88. The number of rotatable bonds is 3. The van der Waals surface area contributed by atoms with Gasteiger partial charge in [0.1, 0.15) is 0 Å². The number of hydrogen-bond donors (Lipinski definition) is 2. The average molecular weight is 310 g/mol. The minimum atomic E-state index is -0.0291. The fourth-order valence-corrected chi connectivity index (χ4v) is 2.90. The molecular formula is C16H24ClN3O. The number of carbonyl (C=O) groups excluding carboxylic acids is 1. The van der Waals surface area contributed by atoms with Gasteiger partial charge in [0.15, 0.2) is 0 Å². The lowest BCUT2D eigenvalue weighted by Gasteiger charge is -2.27. The van der Waals surface area contributed by atoms with Gasteiger partial charge in [-0.2, -0.15) is 0 Å². The summed E-state index contributed by atoms with van der Waals surface area (Å²) in [6, 6.07) is 5.10. The van der Waals surface area contributed by atoms with Crippen LogP contribution >= 0.6 is 11.6 Å². The molecule has 5 heteroatoms. The van der Waals surface area contributed by atoms with E-state index in [1.165, 1.54) is 0 Å². The second kappa shape index (κ2) is 6.24. The third-order valence-electron chi connectivity index (χ3n) is 4.15. The molecule has 116 valence electrons. The predicted octanol–water partition coefficient (Wildman–Crippen LogP) is 3.23. The van der Waals surface area contributed by atoms with Crippen molar-refractivity contribution in [2.24, 2.45) is 11.3 Å². The van der Waals surface area contributed by atoms with E-state index >= 15 is 0 Å². The standard InChI is InChI=1S/C16H24ClN3O/c1-16(2,3)11-6-7-20(9-11)10-15(21)19-14-5-4-12(17)8-13(14)18/h4-5,8,11H,6-7,9-10,18H2,1-3H3,(H,19,21). The molecule has 21 heavy (non-hydrogen) atoms. The van der Waals surface area contributed by atoms with Crippen LogP contribution in [0.3, 0.4) is 0 Å². The largest absolute Gasteiger partial charge is 0.397 e. The molecule has 0 aromatic heterocycles. The molecule has 1 atom stereocenters. The van der Waals surface area contributed by atoms with Crippen LogP contribution in [0.2, 0.25) is 5.02 Å². The van der Waals surface area contributed by atoms with Gasteiger partial charge >= 0.3 is 0 Å². The van der Waals surface area contributed by atoms with Crippen molar-refractivity contribution < 1.29 is 4.79 Å². The van der Waals surface area contributed by atoms with Gasteiger partial charge in [0.05, 0.1) is 17.9 Å². The molecular weight excluding hydrogens is 286 g/mol. The van der Waals surface area contributed by atoms with Crippen LogP contribution in [0.25, 0.3) is 0 Å². The van der Waals surface area contributed by atoms with Gasteiger partial charge in [-0.15, -0.1) is 0 Å². The highest BCUT2D eigenvalue weighted by Crippen LogP contribution is 2.33. The number of amides is 1. The molecule has 0 radical (unpaired) electrons. The maximum atomic E-state index is 12.1. The van der Waals surface area contributed by atoms with Crippen molar-refractivity contribution in [2.45, 2.75) is 27.2 Å². The molecule has 4 nitrogen and oxygen atoms in total. The SMILES string of the molecule is CC(C)(C)C1CCN(CC(=O)Nc2ccc(Cl)cc2N)C1. The van der Waals surface area contributed by atoms with Crippen LogP contribution in [0, 0.1) is 11.3 Å². The Hall–Kier alpha value is -1.26. The Morgan fingerprint density at radius 2 is 2.19 bits per heavy atom. The summed E-state index contributed by atoms with van der Waals surface area (Å²) in [5.74, 6) is 0.615. The highest BCUT2D eigenvalue weighted by atomic mass is 35.5. The number of nitrogens with zero attached hydrogens (tertiary/aromatic N) is 1. The van der Waals surface area contributed by atoms with Gasteiger partial charge in [-0.25, -0.2) is 0 Å². The van der Waals surface area contributed by atoms with Crippen LogP contribution in [0.4, 0.5) is 11.4 Å². The van der Waals surface area contributed by atoms with Gasteiger partial charge in [0, 0.05) is 11.6 Å². The van der Waals surface area contributed by atoms with E-state index in [9.17, 15) is 4.79 Å². The number of hydrogen-bond acceptors (Lipinski definition) is 3. The zero-order chi connectivity index (χ0) is 15.6. The quantitative estimate of drug-likeness (QED) is 0.843. The third kappa shape index (κ3) is 4.35. The first-order valence-electron chi connectivity index (χ1n) is 7.33. The third-order valence-corrected chi connectivity index (χ3v) is 4.39. The van der Waals surface area contributed by atoms with Crippen molar-refractivity contribution in [3.8, 4) is 0 Å². The van der Waals surface area contributed by atoms with Gasteiger partial charge in [-0.3, -0.25) is 9.69 Å². The summed E-state index contributed by atoms with van der Waals surface area (Å²) in [5, 5.41) is 3.42. The van der Waals surface area contributed by atoms with Crippen LogP contribution in [-0.2, 0) is 4.79 Å². The zero-order valence-electron chi connectivity index (χ0n) is 12.9. The van der Waals surface area contributed by atoms with Crippen LogP contribution < -0.4 is 11.1 Å². The van der Waals surface area contributed by atoms with Crippen molar-refractivity contribution in [1.82, 2.24) is 4.90 Å². The number of carbonyl (C=O) groups is 1. The van der Waals surface area contributed by atoms with Crippen LogP contribution in [-0.4, -0.2) is 30.4 Å². The Morgan fingerprint density at radius 1 is 1.48 bits per heavy atom. The van der Waals surface area contributed by atoms with E-state index in [0.717, 1.165) is 19.5 Å². The van der Waals surface area contributed by atoms with Crippen molar-refractivity contribution in [3.05, 3.63) is 23.2 Å². The molecule has 0 aliphatic carbocycles. The van der Waals surface area contributed by atoms with Crippen molar-refractivity contribution in [2.75, 3.05) is 30.7 Å². The predicted molar refractivity (Wildman–Crippen MR) is 88.5 cm³/mol. The first-order valence-corrected chi connectivity index (χ1v) is 7.71.